The molecule has 3 rings (SSSR count). The van der Waals surface area contributed by atoms with E-state index in [9.17, 15) is 0 Å². The Morgan fingerprint density at radius 1 is 1.10 bits per heavy atom. The van der Waals surface area contributed by atoms with Crippen molar-refractivity contribution in [3.05, 3.63) is 64.4 Å². The second-order valence-electron chi connectivity index (χ2n) is 4.41. The van der Waals surface area contributed by atoms with Gasteiger partial charge in [-0.2, -0.15) is 4.98 Å². The fourth-order valence-corrected chi connectivity index (χ4v) is 2.29. The molecular weight excluding hydrogens is 318 g/mol. The normalized spacial score (nSPS) is 10.7. The number of aromatic nitrogens is 2. The first kappa shape index (κ1) is 12.9. The first-order valence-corrected chi connectivity index (χ1v) is 6.93. The molecule has 2 N–H and O–H groups in total. The molecule has 20 heavy (non-hydrogen) atoms. The van der Waals surface area contributed by atoms with Crippen LogP contribution in [-0.2, 0) is 6.42 Å². The Morgan fingerprint density at radius 3 is 2.70 bits per heavy atom. The number of hydrogen-bond acceptors (Lipinski definition) is 4. The van der Waals surface area contributed by atoms with Crippen molar-refractivity contribution < 1.29 is 4.52 Å². The van der Waals surface area contributed by atoms with Gasteiger partial charge in [0.25, 0.3) is 5.89 Å². The monoisotopic (exact) mass is 329 g/mol. The Balaban J connectivity index is 1.88. The van der Waals surface area contributed by atoms with Crippen LogP contribution in [0.3, 0.4) is 0 Å². The van der Waals surface area contributed by atoms with Gasteiger partial charge in [-0.05, 0) is 23.8 Å². The molecule has 0 spiro atoms. The smallest absolute Gasteiger partial charge is 0.260 e. The highest BCUT2D eigenvalue weighted by Crippen LogP contribution is 2.27. The summed E-state index contributed by atoms with van der Waals surface area (Å²) >= 11 is 3.41. The second-order valence-corrected chi connectivity index (χ2v) is 5.33. The summed E-state index contributed by atoms with van der Waals surface area (Å²) in [6, 6.07) is 15.6. The van der Waals surface area contributed by atoms with Crippen molar-refractivity contribution in [3.63, 3.8) is 0 Å². The third kappa shape index (κ3) is 2.72. The molecule has 3 aromatic rings. The molecule has 0 saturated heterocycles. The fraction of sp³-hybridized carbons (Fsp3) is 0.0667. The van der Waals surface area contributed by atoms with Crippen LogP contribution >= 0.6 is 15.9 Å². The van der Waals surface area contributed by atoms with Gasteiger partial charge in [-0.15, -0.1) is 0 Å². The number of anilines is 1. The van der Waals surface area contributed by atoms with Crippen molar-refractivity contribution >= 4 is 21.6 Å². The van der Waals surface area contributed by atoms with Gasteiger partial charge in [-0.25, -0.2) is 0 Å². The quantitative estimate of drug-likeness (QED) is 0.744. The Labute approximate surface area is 124 Å². The number of hydrogen-bond donors (Lipinski definition) is 1. The molecule has 0 bridgehead atoms. The van der Waals surface area contributed by atoms with Gasteiger partial charge >= 0.3 is 0 Å². The minimum absolute atomic E-state index is 0.440. The van der Waals surface area contributed by atoms with Crippen LogP contribution in [-0.4, -0.2) is 10.1 Å². The fourth-order valence-electron chi connectivity index (χ4n) is 1.93. The lowest BCUT2D eigenvalue weighted by Gasteiger charge is -2.00. The van der Waals surface area contributed by atoms with Gasteiger partial charge in [-0.1, -0.05) is 51.4 Å². The van der Waals surface area contributed by atoms with Crippen molar-refractivity contribution in [1.29, 1.82) is 0 Å². The summed E-state index contributed by atoms with van der Waals surface area (Å²) in [7, 11) is 0. The summed E-state index contributed by atoms with van der Waals surface area (Å²) < 4.78 is 6.22. The molecule has 1 heterocycles. The lowest BCUT2D eigenvalue weighted by atomic mass is 10.1. The van der Waals surface area contributed by atoms with Gasteiger partial charge in [0.05, 0.1) is 5.56 Å². The number of benzene rings is 2. The first-order valence-electron chi connectivity index (χ1n) is 6.14. The van der Waals surface area contributed by atoms with Gasteiger partial charge in [0, 0.05) is 16.6 Å². The van der Waals surface area contributed by atoms with Crippen molar-refractivity contribution in [2.45, 2.75) is 6.42 Å². The van der Waals surface area contributed by atoms with Crippen molar-refractivity contribution in [3.8, 4) is 11.5 Å². The minimum Gasteiger partial charge on any atom is -0.398 e. The maximum Gasteiger partial charge on any atom is 0.260 e. The van der Waals surface area contributed by atoms with Crippen molar-refractivity contribution in [2.24, 2.45) is 0 Å². The third-order valence-electron chi connectivity index (χ3n) is 2.92. The molecular formula is C15H12BrN3O. The SMILES string of the molecule is Nc1ccc(Br)cc1-c1nc(Cc2ccccc2)no1. The number of nitrogen functional groups attached to an aromatic ring is 1. The summed E-state index contributed by atoms with van der Waals surface area (Å²) in [6.07, 6.45) is 0.637. The van der Waals surface area contributed by atoms with E-state index in [1.54, 1.807) is 6.07 Å². The highest BCUT2D eigenvalue weighted by atomic mass is 79.9. The lowest BCUT2D eigenvalue weighted by molar-refractivity contribution is 0.424. The Kier molecular flexibility index (Phi) is 3.52. The number of nitrogens with zero attached hydrogens (tertiary/aromatic N) is 2. The summed E-state index contributed by atoms with van der Waals surface area (Å²) in [5.41, 5.74) is 8.43. The van der Waals surface area contributed by atoms with Gasteiger partial charge in [0.2, 0.25) is 0 Å². The molecule has 1 aromatic heterocycles. The number of nitrogens with two attached hydrogens (primary N) is 1. The Hall–Kier alpha value is -2.14. The van der Waals surface area contributed by atoms with E-state index < -0.39 is 0 Å². The Morgan fingerprint density at radius 2 is 1.90 bits per heavy atom. The van der Waals surface area contributed by atoms with Gasteiger partial charge in [0.1, 0.15) is 0 Å². The van der Waals surface area contributed by atoms with Crippen LogP contribution in [0.1, 0.15) is 11.4 Å². The minimum atomic E-state index is 0.440. The molecule has 2 aromatic carbocycles. The second kappa shape index (κ2) is 5.46. The molecule has 0 amide bonds. The van der Waals surface area contributed by atoms with Crippen LogP contribution < -0.4 is 5.73 Å². The predicted molar refractivity (Wildman–Crippen MR) is 81.1 cm³/mol. The highest BCUT2D eigenvalue weighted by molar-refractivity contribution is 9.10. The topological polar surface area (TPSA) is 64.9 Å². The Bertz CT molecular complexity index is 725. The van der Waals surface area contributed by atoms with E-state index in [1.165, 1.54) is 0 Å². The molecule has 0 fully saturated rings. The third-order valence-corrected chi connectivity index (χ3v) is 3.41. The summed E-state index contributed by atoms with van der Waals surface area (Å²) in [5.74, 6) is 1.08. The zero-order chi connectivity index (χ0) is 13.9. The summed E-state index contributed by atoms with van der Waals surface area (Å²) in [6.45, 7) is 0. The van der Waals surface area contributed by atoms with E-state index in [-0.39, 0.29) is 0 Å². The maximum atomic E-state index is 5.93. The lowest BCUT2D eigenvalue weighted by Crippen LogP contribution is -1.92. The predicted octanol–water partition coefficient (Wildman–Crippen LogP) is 3.67. The summed E-state index contributed by atoms with van der Waals surface area (Å²) in [5, 5.41) is 4.00. The van der Waals surface area contributed by atoms with E-state index in [2.05, 4.69) is 26.1 Å². The standard InChI is InChI=1S/C15H12BrN3O/c16-11-6-7-13(17)12(9-11)15-18-14(19-20-15)8-10-4-2-1-3-5-10/h1-7,9H,8,17H2. The van der Waals surface area contributed by atoms with Crippen LogP contribution in [0.5, 0.6) is 0 Å². The molecule has 0 unspecified atom stereocenters. The van der Waals surface area contributed by atoms with E-state index in [4.69, 9.17) is 10.3 Å². The molecule has 0 radical (unpaired) electrons. The molecule has 0 aliphatic rings. The van der Waals surface area contributed by atoms with Crippen LogP contribution in [0.15, 0.2) is 57.5 Å². The van der Waals surface area contributed by atoms with Crippen molar-refractivity contribution in [1.82, 2.24) is 10.1 Å². The average Bonchev–Trinajstić information content (AvgIpc) is 2.91. The number of rotatable bonds is 3. The van der Waals surface area contributed by atoms with Gasteiger partial charge in [-0.3, -0.25) is 0 Å². The largest absolute Gasteiger partial charge is 0.398 e. The zero-order valence-electron chi connectivity index (χ0n) is 10.6. The molecule has 100 valence electrons. The van der Waals surface area contributed by atoms with E-state index in [1.807, 2.05) is 42.5 Å². The highest BCUT2D eigenvalue weighted by Gasteiger charge is 2.12. The molecule has 0 aliphatic carbocycles. The zero-order valence-corrected chi connectivity index (χ0v) is 12.2. The van der Waals surface area contributed by atoms with Gasteiger partial charge in [0.15, 0.2) is 5.82 Å². The maximum absolute atomic E-state index is 5.93. The van der Waals surface area contributed by atoms with E-state index >= 15 is 0 Å². The molecule has 0 aliphatic heterocycles. The van der Waals surface area contributed by atoms with E-state index in [0.717, 1.165) is 15.6 Å². The summed E-state index contributed by atoms with van der Waals surface area (Å²) in [4.78, 5) is 4.40. The van der Waals surface area contributed by atoms with Crippen LogP contribution in [0, 0.1) is 0 Å². The number of halogens is 1. The molecule has 4 nitrogen and oxygen atoms in total. The van der Waals surface area contributed by atoms with Crippen LogP contribution in [0.25, 0.3) is 11.5 Å². The van der Waals surface area contributed by atoms with Crippen LogP contribution in [0.4, 0.5) is 5.69 Å². The molecule has 5 heteroatoms. The van der Waals surface area contributed by atoms with Gasteiger partial charge < -0.3 is 10.3 Å². The van der Waals surface area contributed by atoms with Crippen molar-refractivity contribution in [2.75, 3.05) is 5.73 Å². The first-order chi connectivity index (χ1) is 9.72. The van der Waals surface area contributed by atoms with Crippen LogP contribution in [0.2, 0.25) is 0 Å². The molecule has 0 saturated carbocycles. The molecule has 0 atom stereocenters. The van der Waals surface area contributed by atoms with E-state index in [0.29, 0.717) is 23.8 Å². The average molecular weight is 330 g/mol.